The average Bonchev–Trinajstić information content (AvgIpc) is 2.80. The molecule has 2 aromatic carbocycles. The molecule has 2 aliphatic rings. The highest BCUT2D eigenvalue weighted by molar-refractivity contribution is 5.83. The molecule has 0 atom stereocenters. The van der Waals surface area contributed by atoms with Gasteiger partial charge >= 0.3 is 6.18 Å². The Balaban J connectivity index is 1.31. The van der Waals surface area contributed by atoms with Gasteiger partial charge in [-0.2, -0.15) is 13.2 Å². The molecule has 1 fully saturated rings. The number of fused-ring (bicyclic) bond motifs is 4. The number of alkyl halides is 3. The monoisotopic (exact) mass is 449 g/mol. The van der Waals surface area contributed by atoms with E-state index in [9.17, 15) is 18.0 Å². The maximum absolute atomic E-state index is 13.0. The molecule has 2 aliphatic carbocycles. The number of aromatic nitrogens is 1. The first kappa shape index (κ1) is 21.9. The van der Waals surface area contributed by atoms with E-state index in [1.165, 1.54) is 34.4 Å². The van der Waals surface area contributed by atoms with E-state index < -0.39 is 11.7 Å². The molecule has 0 unspecified atom stereocenters. The van der Waals surface area contributed by atoms with Crippen molar-refractivity contribution in [2.45, 2.75) is 57.0 Å². The second kappa shape index (κ2) is 8.12. The number of hydrogen-bond acceptors (Lipinski definition) is 2. The lowest BCUT2D eigenvalue weighted by Crippen LogP contribution is -2.38. The molecule has 2 nitrogen and oxygen atoms in total. The molecule has 0 amide bonds. The first-order valence-corrected chi connectivity index (χ1v) is 11.5. The zero-order chi connectivity index (χ0) is 23.2. The zero-order valence-electron chi connectivity index (χ0n) is 18.6. The van der Waals surface area contributed by atoms with E-state index >= 15 is 0 Å². The Labute approximate surface area is 191 Å². The van der Waals surface area contributed by atoms with Crippen LogP contribution in [-0.2, 0) is 29.2 Å². The molecule has 0 bridgehead atoms. The molecule has 5 rings (SSSR count). The van der Waals surface area contributed by atoms with Crippen LogP contribution in [0.4, 0.5) is 13.2 Å². The number of benzene rings is 2. The molecular formula is C28H26F3NO. The van der Waals surface area contributed by atoms with Crippen LogP contribution in [0.1, 0.15) is 53.6 Å². The lowest BCUT2D eigenvalue weighted by molar-refractivity contribution is -0.137. The molecule has 1 spiro atoms. The summed E-state index contributed by atoms with van der Waals surface area (Å²) in [7, 11) is 0. The number of rotatable bonds is 3. The van der Waals surface area contributed by atoms with Crippen LogP contribution in [-0.4, -0.2) is 10.8 Å². The number of pyridine rings is 1. The Morgan fingerprint density at radius 3 is 2.42 bits per heavy atom. The number of aryl methyl sites for hydroxylation is 1. The third kappa shape index (κ3) is 4.09. The van der Waals surface area contributed by atoms with Crippen LogP contribution in [0, 0.1) is 12.8 Å². The van der Waals surface area contributed by atoms with E-state index in [4.69, 9.17) is 0 Å². The molecular weight excluding hydrogens is 423 g/mol. The molecule has 0 aliphatic heterocycles. The Morgan fingerprint density at radius 1 is 1.03 bits per heavy atom. The molecule has 0 N–H and O–H groups in total. The van der Waals surface area contributed by atoms with Crippen molar-refractivity contribution in [1.82, 2.24) is 4.98 Å². The van der Waals surface area contributed by atoms with Crippen LogP contribution < -0.4 is 0 Å². The summed E-state index contributed by atoms with van der Waals surface area (Å²) in [5.74, 6) is 0.0917. The maximum Gasteiger partial charge on any atom is 0.416 e. The van der Waals surface area contributed by atoms with Gasteiger partial charge in [0.2, 0.25) is 0 Å². The molecule has 0 saturated heterocycles. The van der Waals surface area contributed by atoms with Gasteiger partial charge in [0.15, 0.2) is 0 Å². The molecule has 1 heterocycles. The van der Waals surface area contributed by atoms with Gasteiger partial charge in [-0.3, -0.25) is 9.78 Å². The predicted octanol–water partition coefficient (Wildman–Crippen LogP) is 6.87. The van der Waals surface area contributed by atoms with Crippen LogP contribution in [0.15, 0.2) is 60.8 Å². The molecule has 3 aromatic rings. The third-order valence-corrected chi connectivity index (χ3v) is 7.50. The number of carbonyl (C=O) groups is 1. The highest BCUT2D eigenvalue weighted by Gasteiger charge is 2.42. The maximum atomic E-state index is 13.0. The number of carbonyl (C=O) groups excluding carboxylic acids is 1. The summed E-state index contributed by atoms with van der Waals surface area (Å²) in [6.45, 7) is 2.01. The minimum Gasteiger partial charge on any atom is -0.299 e. The summed E-state index contributed by atoms with van der Waals surface area (Å²) >= 11 is 0. The number of nitrogens with zero attached hydrogens (tertiary/aromatic N) is 1. The fourth-order valence-electron chi connectivity index (χ4n) is 5.72. The minimum absolute atomic E-state index is 0.0195. The van der Waals surface area contributed by atoms with Crippen molar-refractivity contribution in [3.05, 3.63) is 88.7 Å². The van der Waals surface area contributed by atoms with Gasteiger partial charge in [-0.05, 0) is 85.0 Å². The summed E-state index contributed by atoms with van der Waals surface area (Å²) in [6, 6.07) is 15.7. The van der Waals surface area contributed by atoms with Crippen molar-refractivity contribution in [3.63, 3.8) is 0 Å². The average molecular weight is 450 g/mol. The number of hydrogen-bond donors (Lipinski definition) is 0. The van der Waals surface area contributed by atoms with Crippen LogP contribution in [0.5, 0.6) is 0 Å². The smallest absolute Gasteiger partial charge is 0.299 e. The van der Waals surface area contributed by atoms with Gasteiger partial charge in [0.25, 0.3) is 0 Å². The molecule has 0 radical (unpaired) electrons. The predicted molar refractivity (Wildman–Crippen MR) is 122 cm³/mol. The van der Waals surface area contributed by atoms with Crippen molar-refractivity contribution < 1.29 is 18.0 Å². The second-order valence-electron chi connectivity index (χ2n) is 9.60. The second-order valence-corrected chi connectivity index (χ2v) is 9.60. The molecule has 1 aromatic heterocycles. The largest absolute Gasteiger partial charge is 0.416 e. The lowest BCUT2D eigenvalue weighted by Gasteiger charge is -2.44. The standard InChI is InChI=1S/C28H26F3NO/c1-18-14-24-21(17-32-18)16-27(25-5-3-2-4-23(24)25)12-10-20(11-13-27)26(33)15-19-6-8-22(9-7-19)28(29,30)31/h2-9,14,17,20H,10-13,15-16H2,1H3. The van der Waals surface area contributed by atoms with Gasteiger partial charge in [0.05, 0.1) is 5.56 Å². The van der Waals surface area contributed by atoms with Crippen LogP contribution >= 0.6 is 0 Å². The highest BCUT2D eigenvalue weighted by Crippen LogP contribution is 2.51. The van der Waals surface area contributed by atoms with E-state index in [-0.39, 0.29) is 23.5 Å². The van der Waals surface area contributed by atoms with Crippen molar-refractivity contribution in [3.8, 4) is 11.1 Å². The molecule has 33 heavy (non-hydrogen) atoms. The molecule has 1 saturated carbocycles. The first-order valence-electron chi connectivity index (χ1n) is 11.5. The fourth-order valence-corrected chi connectivity index (χ4v) is 5.72. The van der Waals surface area contributed by atoms with Gasteiger partial charge in [-0.25, -0.2) is 0 Å². The summed E-state index contributed by atoms with van der Waals surface area (Å²) < 4.78 is 38.4. The van der Waals surface area contributed by atoms with E-state index in [2.05, 4.69) is 35.3 Å². The Hall–Kier alpha value is -2.95. The van der Waals surface area contributed by atoms with Gasteiger partial charge in [0.1, 0.15) is 5.78 Å². The Bertz CT molecular complexity index is 1190. The quantitative estimate of drug-likeness (QED) is 0.437. The SMILES string of the molecule is Cc1cc2c(cn1)CC1(CCC(C(=O)Cc3ccc(C(F)(F)F)cc3)CC1)c1ccccc1-2. The van der Waals surface area contributed by atoms with Gasteiger partial charge in [0, 0.05) is 29.6 Å². The molecule has 5 heteroatoms. The van der Waals surface area contributed by atoms with Crippen molar-refractivity contribution in [2.24, 2.45) is 5.92 Å². The Morgan fingerprint density at radius 2 is 1.73 bits per heavy atom. The number of ketones is 1. The topological polar surface area (TPSA) is 30.0 Å². The third-order valence-electron chi connectivity index (χ3n) is 7.50. The van der Waals surface area contributed by atoms with E-state index in [1.54, 1.807) is 0 Å². The van der Waals surface area contributed by atoms with Crippen molar-refractivity contribution >= 4 is 5.78 Å². The number of halogens is 3. The fraction of sp³-hybridized carbons (Fsp3) is 0.357. The van der Waals surface area contributed by atoms with E-state index in [1.807, 2.05) is 13.1 Å². The highest BCUT2D eigenvalue weighted by atomic mass is 19.4. The summed E-state index contributed by atoms with van der Waals surface area (Å²) in [4.78, 5) is 17.5. The summed E-state index contributed by atoms with van der Waals surface area (Å²) in [6.07, 6.45) is 2.25. The van der Waals surface area contributed by atoms with E-state index in [0.717, 1.165) is 49.9 Å². The van der Waals surface area contributed by atoms with Crippen LogP contribution in [0.2, 0.25) is 0 Å². The zero-order valence-corrected chi connectivity index (χ0v) is 18.6. The lowest BCUT2D eigenvalue weighted by atomic mass is 9.59. The van der Waals surface area contributed by atoms with Gasteiger partial charge < -0.3 is 0 Å². The van der Waals surface area contributed by atoms with Crippen LogP contribution in [0.25, 0.3) is 11.1 Å². The Kier molecular flexibility index (Phi) is 5.38. The van der Waals surface area contributed by atoms with Gasteiger partial charge in [-0.15, -0.1) is 0 Å². The van der Waals surface area contributed by atoms with E-state index in [0.29, 0.717) is 5.56 Å². The first-order chi connectivity index (χ1) is 15.7. The van der Waals surface area contributed by atoms with Gasteiger partial charge in [-0.1, -0.05) is 36.4 Å². The minimum atomic E-state index is -4.36. The molecule has 170 valence electrons. The summed E-state index contributed by atoms with van der Waals surface area (Å²) in [5, 5.41) is 0. The van der Waals surface area contributed by atoms with Crippen LogP contribution in [0.3, 0.4) is 0 Å². The normalized spacial score (nSPS) is 22.0. The van der Waals surface area contributed by atoms with Crippen molar-refractivity contribution in [1.29, 1.82) is 0 Å². The number of Topliss-reactive ketones (excluding diaryl/α,β-unsaturated/α-hetero) is 1. The summed E-state index contributed by atoms with van der Waals surface area (Å²) in [5.41, 5.74) is 6.18. The van der Waals surface area contributed by atoms with Crippen molar-refractivity contribution in [2.75, 3.05) is 0 Å².